The van der Waals surface area contributed by atoms with Crippen LogP contribution in [0.25, 0.3) is 55.7 Å². The number of anilines is 3. The molecule has 117 heavy (non-hydrogen) atoms. The topological polar surface area (TPSA) is 355 Å². The Bertz CT molecular complexity index is 5630. The van der Waals surface area contributed by atoms with Gasteiger partial charge in [-0.05, 0) is 185 Å². The van der Waals surface area contributed by atoms with Crippen LogP contribution in [0, 0.1) is 38.8 Å². The summed E-state index contributed by atoms with van der Waals surface area (Å²) in [5, 5.41) is 30.2. The van der Waals surface area contributed by atoms with E-state index in [2.05, 4.69) is 88.7 Å². The van der Waals surface area contributed by atoms with Crippen LogP contribution < -0.4 is 43.8 Å². The molecule has 9 N–H and O–H groups in total. The number of halogens is 7. The molecule has 0 unspecified atom stereocenters. The molecule has 3 atom stereocenters. The van der Waals surface area contributed by atoms with Crippen molar-refractivity contribution in [3.63, 3.8) is 0 Å². The predicted octanol–water partition coefficient (Wildman–Crippen LogP) is 11.3. The number of carbonyl (C=O) groups is 3. The molecule has 3 fully saturated rings. The van der Waals surface area contributed by atoms with E-state index in [1.54, 1.807) is 72.4 Å². The smallest absolute Gasteiger partial charge is 0.444 e. The number of alkyl halides is 3. The highest BCUT2D eigenvalue weighted by Crippen LogP contribution is 2.28. The van der Waals surface area contributed by atoms with Crippen LogP contribution in [0.5, 0.6) is 0 Å². The van der Waals surface area contributed by atoms with Gasteiger partial charge in [-0.2, -0.15) is 28.1 Å². The van der Waals surface area contributed by atoms with E-state index in [9.17, 15) is 50.3 Å². The third kappa shape index (κ3) is 24.4. The van der Waals surface area contributed by atoms with Crippen LogP contribution in [0.1, 0.15) is 77.5 Å². The first-order valence-corrected chi connectivity index (χ1v) is 38.7. The molecule has 0 radical (unpaired) electrons. The van der Waals surface area contributed by atoms with Crippen molar-refractivity contribution in [3.8, 4) is 22.3 Å². The Labute approximate surface area is 681 Å². The predicted molar refractivity (Wildman–Crippen MR) is 441 cm³/mol. The summed E-state index contributed by atoms with van der Waals surface area (Å²) in [6.45, 7) is 18.8. The second-order valence-electron chi connectivity index (χ2n) is 30.1. The van der Waals surface area contributed by atoms with Gasteiger partial charge in [-0.3, -0.25) is 18.5 Å². The molecule has 3 aliphatic heterocycles. The third-order valence-electron chi connectivity index (χ3n) is 18.7. The van der Waals surface area contributed by atoms with Crippen LogP contribution >= 0.6 is 22.6 Å². The minimum absolute atomic E-state index is 0.0949. The number of nitrogens with zero attached hydrogens (tertiary/aromatic N) is 11. The van der Waals surface area contributed by atoms with Gasteiger partial charge in [0, 0.05) is 66.0 Å². The summed E-state index contributed by atoms with van der Waals surface area (Å²) >= 11 is 2.26. The summed E-state index contributed by atoms with van der Waals surface area (Å²) < 4.78 is 89.1. The molecular weight excluding hydrogens is 1640 g/mol. The number of aromatic nitrogens is 12. The van der Waals surface area contributed by atoms with Gasteiger partial charge >= 0.3 is 42.6 Å². The second-order valence-corrected chi connectivity index (χ2v) is 31.3. The largest absolute Gasteiger partial charge is 0.491 e. The van der Waals surface area contributed by atoms with E-state index < -0.39 is 36.6 Å². The number of rotatable bonds is 18. The number of hydrogen-bond donors (Lipinski definition) is 9. The maximum absolute atomic E-state index is 14.3. The van der Waals surface area contributed by atoms with Crippen LogP contribution in [-0.4, -0.2) is 180 Å². The lowest BCUT2D eigenvalue weighted by Crippen LogP contribution is -2.35. The number of hydrogen-bond acceptors (Lipinski definition) is 20. The highest BCUT2D eigenvalue weighted by molar-refractivity contribution is 14.1. The molecule has 6 aromatic heterocycles. The van der Waals surface area contributed by atoms with Crippen molar-refractivity contribution in [2.75, 3.05) is 74.9 Å². The van der Waals surface area contributed by atoms with E-state index in [4.69, 9.17) is 24.3 Å². The number of H-pyrrole nitrogens is 3. The fourth-order valence-electron chi connectivity index (χ4n) is 13.0. The standard InChI is InChI=1S/C28H31FN6O3.C23H23FN6O.C22H27IN6O3.C6H6BFO2.C2HF3O/c1-28(2,3)38-27(37)34-12-11-19(16-34)14-30-25-31-15-23-24(33-25)35(26(36)32-23)17-18-7-6-8-20(13-18)21-9-4-5-10-22(21)29;24-19-7-2-1-6-18(19)17-5-3-4-15(10-17)14-30-21-20(28-23(30)31)13-27-22(29-21)26-12-16-8-9-25-11-16;1-22(2,3)32-21(31)28-8-7-15(12-28)10-24-19-25-11-17-18(27-19)29(20(30)26-17)13-14-5-4-6-16(23)9-14;8-6-4-2-1-3-5(6)7(9)10;3-2(4,5)1-6/h4-10,13,15,19H,11-12,14,16-17H2,1-3H3,(H,32,36)(H,30,31,33);1-7,10,13,16,25H,8-9,11-12,14H2,(H,28,31)(H,26,27,29);4-6,9,11,15H,7-8,10,12-13H2,1-3H3,(H,26,30)(H,24,25,27);1-4,9-10H;1H/t19-;16-;15-;;/m010../s1. The van der Waals surface area contributed by atoms with E-state index in [0.717, 1.165) is 70.3 Å². The molecule has 0 saturated carbocycles. The number of ether oxygens (including phenoxy) is 2. The van der Waals surface area contributed by atoms with Crippen LogP contribution in [0.3, 0.4) is 0 Å². The van der Waals surface area contributed by atoms with Crippen molar-refractivity contribution in [1.82, 2.24) is 73.7 Å². The fraction of sp³-hybridized carbons (Fsp3) is 0.333. The van der Waals surface area contributed by atoms with Gasteiger partial charge in [-0.15, -0.1) is 0 Å². The lowest BCUT2D eigenvalue weighted by atomic mass is 9.80. The average molecular weight is 1730 g/mol. The lowest BCUT2D eigenvalue weighted by Gasteiger charge is -2.24. The van der Waals surface area contributed by atoms with Crippen molar-refractivity contribution in [3.05, 3.63) is 233 Å². The fourth-order valence-corrected chi connectivity index (χ4v) is 13.7. The first kappa shape index (κ1) is 86.1. The molecular formula is C81H88BF6IN18O10. The van der Waals surface area contributed by atoms with Gasteiger partial charge in [0.05, 0.1) is 38.2 Å². The summed E-state index contributed by atoms with van der Waals surface area (Å²) in [6, 6.07) is 41.8. The summed E-state index contributed by atoms with van der Waals surface area (Å²) in [5.74, 6) is 1.26. The Morgan fingerprint density at radius 2 is 0.906 bits per heavy atom. The Kier molecular flexibility index (Phi) is 28.5. The number of aromatic amines is 3. The van der Waals surface area contributed by atoms with Gasteiger partial charge < -0.3 is 65.5 Å². The number of likely N-dealkylation sites (tertiary alicyclic amines) is 2. The third-order valence-corrected chi connectivity index (χ3v) is 19.3. The zero-order valence-electron chi connectivity index (χ0n) is 64.8. The average Bonchev–Trinajstić information content (AvgIpc) is 1.67. The number of aldehydes is 1. The first-order valence-electron chi connectivity index (χ1n) is 37.6. The molecule has 0 aliphatic carbocycles. The van der Waals surface area contributed by atoms with E-state index in [-0.39, 0.29) is 64.7 Å². The maximum Gasteiger partial charge on any atom is 0.491 e. The molecule has 36 heteroatoms. The molecule has 15 rings (SSSR count). The Morgan fingerprint density at radius 1 is 0.530 bits per heavy atom. The molecule has 3 saturated heterocycles. The molecule has 6 aromatic carbocycles. The number of benzene rings is 6. The van der Waals surface area contributed by atoms with Gasteiger partial charge in [0.15, 0.2) is 16.9 Å². The highest BCUT2D eigenvalue weighted by Gasteiger charge is 2.32. The van der Waals surface area contributed by atoms with Crippen LogP contribution in [0.4, 0.5) is 53.8 Å². The quantitative estimate of drug-likeness (QED) is 0.0167. The number of imidazole rings is 3. The van der Waals surface area contributed by atoms with E-state index in [0.29, 0.717) is 121 Å². The molecule has 614 valence electrons. The van der Waals surface area contributed by atoms with Crippen LogP contribution in [-0.2, 0) is 33.9 Å². The maximum atomic E-state index is 14.3. The Balaban J connectivity index is 0.000000158. The van der Waals surface area contributed by atoms with Crippen molar-refractivity contribution in [2.45, 2.75) is 97.8 Å². The number of nitrogens with one attached hydrogen (secondary N) is 7. The monoisotopic (exact) mass is 1720 g/mol. The molecule has 3 aliphatic rings. The number of carbonyl (C=O) groups excluding carboxylic acids is 3. The van der Waals surface area contributed by atoms with Crippen molar-refractivity contribution in [2.24, 2.45) is 17.8 Å². The molecule has 2 amide bonds. The number of fused-ring (bicyclic) bond motifs is 3. The molecule has 28 nitrogen and oxygen atoms in total. The van der Waals surface area contributed by atoms with E-state index in [1.165, 1.54) is 36.4 Å². The summed E-state index contributed by atoms with van der Waals surface area (Å²) in [6.07, 6.45) is 1.43. The number of amides is 2. The normalized spacial score (nSPS) is 15.3. The second kappa shape index (κ2) is 38.8. The van der Waals surface area contributed by atoms with Crippen molar-refractivity contribution in [1.29, 1.82) is 0 Å². The summed E-state index contributed by atoms with van der Waals surface area (Å²) in [5.41, 5.74) is 6.72. The van der Waals surface area contributed by atoms with E-state index in [1.807, 2.05) is 120 Å². The first-order chi connectivity index (χ1) is 55.8. The minimum atomic E-state index is -4.64. The van der Waals surface area contributed by atoms with Gasteiger partial charge in [0.1, 0.15) is 45.2 Å². The summed E-state index contributed by atoms with van der Waals surface area (Å²) in [7, 11) is -1.72. The Hall–Kier alpha value is -11.8. The minimum Gasteiger partial charge on any atom is -0.444 e. The van der Waals surface area contributed by atoms with Crippen molar-refractivity contribution >= 4 is 105 Å². The lowest BCUT2D eigenvalue weighted by molar-refractivity contribution is -0.156. The van der Waals surface area contributed by atoms with Gasteiger partial charge in [-0.25, -0.2) is 52.1 Å². The van der Waals surface area contributed by atoms with Gasteiger partial charge in [0.2, 0.25) is 24.1 Å². The summed E-state index contributed by atoms with van der Waals surface area (Å²) in [4.78, 5) is 110. The SMILES string of the molecule is CC(C)(C)OC(=O)N1CC[C@@H](CNc2ncc3[nH]c(=O)n(Cc4cccc(-c5ccccc5F)c4)c3n2)C1.CC(C)(C)OC(=O)N1CC[C@@H](CNc2ncc3[nH]c(=O)n(Cc4cccc(I)c4)c3n2)C1.O=CC(F)(F)F.O=c1[nH]c2cnc(NC[C@@H]3CCNC3)nc2n1Cc1cccc(-c2ccccc2F)c1.OB(O)c1ccccc1F. The zero-order valence-corrected chi connectivity index (χ0v) is 67.0. The molecule has 0 spiro atoms. The van der Waals surface area contributed by atoms with Crippen LogP contribution in [0.15, 0.2) is 179 Å². The van der Waals surface area contributed by atoms with Crippen LogP contribution in [0.2, 0.25) is 0 Å². The Morgan fingerprint density at radius 3 is 1.26 bits per heavy atom. The van der Waals surface area contributed by atoms with Gasteiger partial charge in [-0.1, -0.05) is 103 Å². The highest BCUT2D eigenvalue weighted by atomic mass is 127. The molecule has 0 bridgehead atoms. The van der Waals surface area contributed by atoms with E-state index >= 15 is 0 Å². The van der Waals surface area contributed by atoms with Crippen molar-refractivity contribution < 1.29 is 60.2 Å². The zero-order chi connectivity index (χ0) is 83.7. The molecule has 9 heterocycles. The van der Waals surface area contributed by atoms with Gasteiger partial charge in [0.25, 0.3) is 0 Å². The molecule has 12 aromatic rings.